The Morgan fingerprint density at radius 1 is 0.971 bits per heavy atom. The van der Waals surface area contributed by atoms with E-state index in [0.29, 0.717) is 31.4 Å². The number of carbonyl (C=O) groups is 2. The summed E-state index contributed by atoms with van der Waals surface area (Å²) in [4.78, 5) is 35.6. The molecule has 1 atom stereocenters. The number of amides is 2. The van der Waals surface area contributed by atoms with E-state index in [1.54, 1.807) is 4.90 Å². The van der Waals surface area contributed by atoms with Crippen molar-refractivity contribution in [3.8, 4) is 0 Å². The molecule has 4 rings (SSSR count). The maximum absolute atomic E-state index is 12.6. The van der Waals surface area contributed by atoms with Gasteiger partial charge < -0.3 is 20.9 Å². The number of carbonyl (C=O) groups excluding carboxylic acids is 2. The average Bonchev–Trinajstić information content (AvgIpc) is 3.20. The van der Waals surface area contributed by atoms with Crippen molar-refractivity contribution in [1.29, 1.82) is 0 Å². The van der Waals surface area contributed by atoms with Gasteiger partial charge in [-0.25, -0.2) is 4.98 Å². The van der Waals surface area contributed by atoms with Crippen LogP contribution in [0.5, 0.6) is 0 Å². The lowest BCUT2D eigenvalue weighted by Gasteiger charge is -2.17. The zero-order valence-electron chi connectivity index (χ0n) is 19.8. The van der Waals surface area contributed by atoms with E-state index in [9.17, 15) is 9.59 Å². The predicted octanol–water partition coefficient (Wildman–Crippen LogP) is 3.73. The summed E-state index contributed by atoms with van der Waals surface area (Å²) in [7, 11) is 0. The fourth-order valence-electron chi connectivity index (χ4n) is 3.86. The molecule has 3 N–H and O–H groups in total. The Balaban J connectivity index is 1.26. The molecule has 2 amide bonds. The van der Waals surface area contributed by atoms with Gasteiger partial charge in [0.2, 0.25) is 17.8 Å². The molecule has 0 aliphatic carbocycles. The lowest BCUT2D eigenvalue weighted by Crippen LogP contribution is -2.35. The molecule has 1 saturated heterocycles. The Labute approximate surface area is 199 Å². The Hall–Kier alpha value is -3.94. The Morgan fingerprint density at radius 3 is 2.35 bits per heavy atom. The van der Waals surface area contributed by atoms with Crippen LogP contribution in [0.2, 0.25) is 0 Å². The number of hydrogen-bond acceptors (Lipinski definition) is 6. The molecule has 1 aliphatic heterocycles. The molecule has 8 heteroatoms. The van der Waals surface area contributed by atoms with Crippen molar-refractivity contribution in [2.24, 2.45) is 5.92 Å². The second kappa shape index (κ2) is 10.3. The summed E-state index contributed by atoms with van der Waals surface area (Å²) in [6.07, 6.45) is 0.224. The largest absolute Gasteiger partial charge is 0.354 e. The maximum Gasteiger partial charge on any atom is 0.227 e. The molecule has 1 fully saturated rings. The van der Waals surface area contributed by atoms with Crippen LogP contribution in [0.4, 0.5) is 23.1 Å². The van der Waals surface area contributed by atoms with Gasteiger partial charge in [0.15, 0.2) is 0 Å². The smallest absolute Gasteiger partial charge is 0.227 e. The molecular weight excluding hydrogens is 428 g/mol. The first-order valence-electron chi connectivity index (χ1n) is 11.5. The molecule has 1 aliphatic rings. The molecule has 2 heterocycles. The SMILES string of the molecule is Cc1ccc(Nc2cc(C)nc(NCCNC(=O)C3CC(=O)N(c4ccc(C)cc4)C3)n2)cc1. The zero-order chi connectivity index (χ0) is 24.1. The molecule has 8 nitrogen and oxygen atoms in total. The number of rotatable bonds is 8. The standard InChI is InChI=1S/C26H30N6O2/c1-17-4-8-21(9-5-17)30-23-14-19(3)29-26(31-23)28-13-12-27-25(34)20-15-24(33)32(16-20)22-10-6-18(2)7-11-22/h4-11,14,20H,12-13,15-16H2,1-3H3,(H,27,34)(H2,28,29,30,31). The summed E-state index contributed by atoms with van der Waals surface area (Å²) in [5.41, 5.74) is 4.94. The normalized spacial score (nSPS) is 15.3. The van der Waals surface area contributed by atoms with Crippen LogP contribution in [0.1, 0.15) is 23.2 Å². The summed E-state index contributed by atoms with van der Waals surface area (Å²) >= 11 is 0. The van der Waals surface area contributed by atoms with E-state index in [2.05, 4.69) is 25.9 Å². The first-order valence-corrected chi connectivity index (χ1v) is 11.5. The molecular formula is C26H30N6O2. The molecule has 0 spiro atoms. The summed E-state index contributed by atoms with van der Waals surface area (Å²) in [5.74, 6) is 0.698. The van der Waals surface area contributed by atoms with Crippen molar-refractivity contribution in [2.45, 2.75) is 27.2 Å². The zero-order valence-corrected chi connectivity index (χ0v) is 19.8. The van der Waals surface area contributed by atoms with E-state index < -0.39 is 0 Å². The third kappa shape index (κ3) is 5.89. The number of nitrogens with zero attached hydrogens (tertiary/aromatic N) is 3. The summed E-state index contributed by atoms with van der Waals surface area (Å²) < 4.78 is 0. The number of aryl methyl sites for hydroxylation is 3. The highest BCUT2D eigenvalue weighted by Gasteiger charge is 2.34. The van der Waals surface area contributed by atoms with Gasteiger partial charge in [0.25, 0.3) is 0 Å². The minimum Gasteiger partial charge on any atom is -0.354 e. The number of anilines is 4. The number of nitrogens with one attached hydrogen (secondary N) is 3. The second-order valence-electron chi connectivity index (χ2n) is 8.67. The van der Waals surface area contributed by atoms with Crippen LogP contribution in [-0.4, -0.2) is 41.4 Å². The van der Waals surface area contributed by atoms with Gasteiger partial charge in [0.1, 0.15) is 5.82 Å². The summed E-state index contributed by atoms with van der Waals surface area (Å²) in [6, 6.07) is 17.7. The Kier molecular flexibility index (Phi) is 7.06. The van der Waals surface area contributed by atoms with E-state index in [-0.39, 0.29) is 24.2 Å². The van der Waals surface area contributed by atoms with Crippen LogP contribution in [0.25, 0.3) is 0 Å². The number of benzene rings is 2. The molecule has 0 saturated carbocycles. The molecule has 176 valence electrons. The van der Waals surface area contributed by atoms with Crippen LogP contribution in [0, 0.1) is 26.7 Å². The lowest BCUT2D eigenvalue weighted by atomic mass is 10.1. The summed E-state index contributed by atoms with van der Waals surface area (Å²) in [5, 5.41) is 9.37. The van der Waals surface area contributed by atoms with Gasteiger partial charge in [0.05, 0.1) is 5.92 Å². The van der Waals surface area contributed by atoms with Crippen molar-refractivity contribution in [1.82, 2.24) is 15.3 Å². The van der Waals surface area contributed by atoms with Gasteiger partial charge in [-0.1, -0.05) is 35.4 Å². The fraction of sp³-hybridized carbons (Fsp3) is 0.308. The molecule has 3 aromatic rings. The average molecular weight is 459 g/mol. The van der Waals surface area contributed by atoms with Gasteiger partial charge in [-0.3, -0.25) is 9.59 Å². The van der Waals surface area contributed by atoms with E-state index in [1.165, 1.54) is 5.56 Å². The molecule has 2 aromatic carbocycles. The van der Waals surface area contributed by atoms with Crippen molar-refractivity contribution in [3.63, 3.8) is 0 Å². The fourth-order valence-corrected chi connectivity index (χ4v) is 3.86. The number of hydrogen-bond donors (Lipinski definition) is 3. The van der Waals surface area contributed by atoms with Gasteiger partial charge in [-0.15, -0.1) is 0 Å². The van der Waals surface area contributed by atoms with Crippen LogP contribution in [-0.2, 0) is 9.59 Å². The van der Waals surface area contributed by atoms with Gasteiger partial charge in [0, 0.05) is 49.2 Å². The van der Waals surface area contributed by atoms with Crippen molar-refractivity contribution >= 4 is 35.0 Å². The molecule has 1 aromatic heterocycles. The summed E-state index contributed by atoms with van der Waals surface area (Å²) in [6.45, 7) is 7.24. The Morgan fingerprint density at radius 2 is 1.65 bits per heavy atom. The van der Waals surface area contributed by atoms with Gasteiger partial charge >= 0.3 is 0 Å². The van der Waals surface area contributed by atoms with Crippen LogP contribution >= 0.6 is 0 Å². The third-order valence-electron chi connectivity index (χ3n) is 5.73. The Bertz CT molecular complexity index is 1160. The molecule has 1 unspecified atom stereocenters. The van der Waals surface area contributed by atoms with Gasteiger partial charge in [-0.2, -0.15) is 4.98 Å². The van der Waals surface area contributed by atoms with Crippen molar-refractivity contribution in [3.05, 3.63) is 71.4 Å². The minimum atomic E-state index is -0.352. The molecule has 34 heavy (non-hydrogen) atoms. The lowest BCUT2D eigenvalue weighted by molar-refractivity contribution is -0.126. The minimum absolute atomic E-state index is 0.0242. The van der Waals surface area contributed by atoms with E-state index in [4.69, 9.17) is 0 Å². The van der Waals surface area contributed by atoms with Crippen LogP contribution < -0.4 is 20.9 Å². The quantitative estimate of drug-likeness (QED) is 0.445. The molecule has 0 radical (unpaired) electrons. The topological polar surface area (TPSA) is 99.2 Å². The highest BCUT2D eigenvalue weighted by molar-refractivity contribution is 6.00. The van der Waals surface area contributed by atoms with Crippen LogP contribution in [0.15, 0.2) is 54.6 Å². The van der Waals surface area contributed by atoms with Crippen molar-refractivity contribution < 1.29 is 9.59 Å². The van der Waals surface area contributed by atoms with E-state index in [0.717, 1.165) is 22.6 Å². The molecule has 0 bridgehead atoms. The first kappa shape index (κ1) is 23.2. The second-order valence-corrected chi connectivity index (χ2v) is 8.67. The van der Waals surface area contributed by atoms with Gasteiger partial charge in [-0.05, 0) is 45.0 Å². The maximum atomic E-state index is 12.6. The third-order valence-corrected chi connectivity index (χ3v) is 5.73. The number of aromatic nitrogens is 2. The first-order chi connectivity index (χ1) is 16.4. The van der Waals surface area contributed by atoms with E-state index >= 15 is 0 Å². The van der Waals surface area contributed by atoms with Crippen LogP contribution in [0.3, 0.4) is 0 Å². The van der Waals surface area contributed by atoms with E-state index in [1.807, 2.05) is 75.4 Å². The van der Waals surface area contributed by atoms with Crippen molar-refractivity contribution in [2.75, 3.05) is 35.2 Å². The monoisotopic (exact) mass is 458 g/mol. The highest BCUT2D eigenvalue weighted by atomic mass is 16.2. The highest BCUT2D eigenvalue weighted by Crippen LogP contribution is 2.25. The predicted molar refractivity (Wildman–Crippen MR) is 134 cm³/mol.